The van der Waals surface area contributed by atoms with Crippen molar-refractivity contribution in [1.29, 1.82) is 0 Å². The lowest BCUT2D eigenvalue weighted by molar-refractivity contribution is 0.0949. The van der Waals surface area contributed by atoms with Crippen LogP contribution in [0.5, 0.6) is 0 Å². The molecule has 1 aromatic heterocycles. The molecule has 0 aliphatic carbocycles. The van der Waals surface area contributed by atoms with E-state index < -0.39 is 11.4 Å². The van der Waals surface area contributed by atoms with Gasteiger partial charge in [-0.05, 0) is 49.7 Å². The van der Waals surface area contributed by atoms with Crippen LogP contribution in [0.15, 0.2) is 42.5 Å². The molecule has 2 aromatic carbocycles. The molecule has 1 amide bonds. The highest BCUT2D eigenvalue weighted by molar-refractivity contribution is 6.33. The van der Waals surface area contributed by atoms with Crippen molar-refractivity contribution in [3.05, 3.63) is 64.4 Å². The van der Waals surface area contributed by atoms with Crippen molar-refractivity contribution in [2.75, 3.05) is 30.1 Å². The summed E-state index contributed by atoms with van der Waals surface area (Å²) < 4.78 is 13.8. The van der Waals surface area contributed by atoms with Crippen LogP contribution in [-0.4, -0.2) is 51.5 Å². The number of aryl methyl sites for hydroxylation is 1. The van der Waals surface area contributed by atoms with Crippen LogP contribution in [0.1, 0.15) is 22.8 Å². The van der Waals surface area contributed by atoms with Crippen LogP contribution in [-0.2, 0) is 0 Å². The molecule has 0 saturated heterocycles. The maximum atomic E-state index is 13.8. The van der Waals surface area contributed by atoms with Gasteiger partial charge in [-0.3, -0.25) is 4.79 Å². The number of nitrogens with one attached hydrogen (secondary N) is 2. The highest BCUT2D eigenvalue weighted by Crippen LogP contribution is 2.39. The fraction of sp³-hybridized carbons (Fsp3) is 0.261. The summed E-state index contributed by atoms with van der Waals surface area (Å²) >= 11 is 6.43. The van der Waals surface area contributed by atoms with Crippen LogP contribution in [0.25, 0.3) is 11.3 Å². The number of aliphatic hydroxyl groups excluding tert-OH is 2. The predicted octanol–water partition coefficient (Wildman–Crippen LogP) is 3.24. The summed E-state index contributed by atoms with van der Waals surface area (Å²) in [6.45, 7) is 2.67. The van der Waals surface area contributed by atoms with Gasteiger partial charge in [-0.1, -0.05) is 23.7 Å². The number of hydrogen-bond donors (Lipinski definition) is 4. The van der Waals surface area contributed by atoms with E-state index in [1.165, 1.54) is 12.1 Å². The zero-order valence-corrected chi connectivity index (χ0v) is 18.8. The predicted molar refractivity (Wildman–Crippen MR) is 124 cm³/mol. The molecule has 2 heterocycles. The maximum Gasteiger partial charge on any atom is 0.258 e. The third kappa shape index (κ3) is 4.35. The monoisotopic (exact) mass is 471 g/mol. The molecule has 0 atom stereocenters. The fourth-order valence-electron chi connectivity index (χ4n) is 3.58. The van der Waals surface area contributed by atoms with E-state index in [-0.39, 0.29) is 43.0 Å². The second-order valence-corrected chi connectivity index (χ2v) is 8.51. The first-order valence-corrected chi connectivity index (χ1v) is 10.6. The number of rotatable bonds is 6. The number of aliphatic hydroxyl groups is 2. The molecule has 172 valence electrons. The molecule has 1 aliphatic rings. The van der Waals surface area contributed by atoms with Gasteiger partial charge < -0.3 is 25.7 Å². The molecule has 10 heteroatoms. The summed E-state index contributed by atoms with van der Waals surface area (Å²) in [6.07, 6.45) is 0. The van der Waals surface area contributed by atoms with Crippen LogP contribution in [0.3, 0.4) is 0 Å². The quantitative estimate of drug-likeness (QED) is 0.437. The summed E-state index contributed by atoms with van der Waals surface area (Å²) in [5.74, 6) is -0.412. The normalized spacial score (nSPS) is 13.5. The van der Waals surface area contributed by atoms with E-state index in [4.69, 9.17) is 11.6 Å². The number of hydrogen-bond acceptors (Lipinski definition) is 7. The number of aromatic nitrogens is 2. The molecule has 8 nitrogen and oxygen atoms in total. The Kier molecular flexibility index (Phi) is 6.20. The third-order valence-corrected chi connectivity index (χ3v) is 5.79. The number of fused-ring (bicyclic) bond motifs is 1. The maximum absolute atomic E-state index is 13.8. The first-order valence-electron chi connectivity index (χ1n) is 10.2. The van der Waals surface area contributed by atoms with E-state index in [0.717, 1.165) is 0 Å². The first-order chi connectivity index (χ1) is 15.8. The number of nitrogens with zero attached hydrogens (tertiary/aromatic N) is 3. The smallest absolute Gasteiger partial charge is 0.258 e. The zero-order valence-electron chi connectivity index (χ0n) is 18.1. The molecule has 1 aliphatic heterocycles. The topological polar surface area (TPSA) is 111 Å². The average molecular weight is 472 g/mol. The van der Waals surface area contributed by atoms with Crippen molar-refractivity contribution in [2.24, 2.45) is 0 Å². The van der Waals surface area contributed by atoms with E-state index in [0.29, 0.717) is 27.7 Å². The number of benzene rings is 2. The van der Waals surface area contributed by atoms with Gasteiger partial charge in [0.05, 0.1) is 41.8 Å². The molecule has 0 bridgehead atoms. The molecular weight excluding hydrogens is 449 g/mol. The van der Waals surface area contributed by atoms with E-state index in [2.05, 4.69) is 20.6 Å². The van der Waals surface area contributed by atoms with Crippen molar-refractivity contribution in [1.82, 2.24) is 15.3 Å². The van der Waals surface area contributed by atoms with Gasteiger partial charge in [-0.25, -0.2) is 9.37 Å². The Morgan fingerprint density at radius 1 is 1.21 bits per heavy atom. The number of carbonyl (C=O) groups excluding carboxylic acids is 1. The molecule has 3 aromatic rings. The van der Waals surface area contributed by atoms with Crippen molar-refractivity contribution < 1.29 is 19.4 Å². The number of para-hydroxylation sites is 1. The van der Waals surface area contributed by atoms with Gasteiger partial charge in [0.25, 0.3) is 5.91 Å². The van der Waals surface area contributed by atoms with E-state index in [1.807, 2.05) is 6.07 Å². The largest absolute Gasteiger partial charge is 0.394 e. The first kappa shape index (κ1) is 22.9. The second kappa shape index (κ2) is 8.93. The van der Waals surface area contributed by atoms with Gasteiger partial charge in [0.2, 0.25) is 5.95 Å². The second-order valence-electron chi connectivity index (χ2n) is 8.10. The molecule has 0 spiro atoms. The van der Waals surface area contributed by atoms with E-state index in [1.54, 1.807) is 43.0 Å². The number of amides is 1. The Bertz CT molecular complexity index is 1220. The minimum absolute atomic E-state index is 0.0878. The van der Waals surface area contributed by atoms with Crippen molar-refractivity contribution >= 4 is 35.0 Å². The Morgan fingerprint density at radius 2 is 1.94 bits per heavy atom. The lowest BCUT2D eigenvalue weighted by Crippen LogP contribution is -2.45. The van der Waals surface area contributed by atoms with E-state index in [9.17, 15) is 19.4 Å². The molecule has 0 fully saturated rings. The Morgan fingerprint density at radius 3 is 2.61 bits per heavy atom. The van der Waals surface area contributed by atoms with Crippen molar-refractivity contribution in [2.45, 2.75) is 19.4 Å². The van der Waals surface area contributed by atoms with Crippen LogP contribution in [0.4, 0.5) is 21.8 Å². The lowest BCUT2D eigenvalue weighted by Gasteiger charge is -2.33. The van der Waals surface area contributed by atoms with Crippen molar-refractivity contribution in [3.63, 3.8) is 0 Å². The molecule has 0 radical (unpaired) electrons. The highest BCUT2D eigenvalue weighted by atomic mass is 35.5. The van der Waals surface area contributed by atoms with Gasteiger partial charge in [-0.2, -0.15) is 4.98 Å². The number of carbonyl (C=O) groups is 1. The standard InChI is InChI=1S/C23H23ClFN5O3/c1-13-9-14(25)7-8-15(13)19-18-20(28-22(27-19)29-23(2,10-31)11-32)30(12-26-21(18)33)17-6-4-3-5-16(17)24/h3-9,31-32H,10-12H2,1-2H3,(H,26,33)(H,27,28,29). The fourth-order valence-corrected chi connectivity index (χ4v) is 3.82. The highest BCUT2D eigenvalue weighted by Gasteiger charge is 2.33. The third-order valence-electron chi connectivity index (χ3n) is 5.47. The Balaban J connectivity index is 1.98. The van der Waals surface area contributed by atoms with Crippen molar-refractivity contribution in [3.8, 4) is 11.3 Å². The van der Waals surface area contributed by atoms with Gasteiger partial charge in [0, 0.05) is 5.56 Å². The summed E-state index contributed by atoms with van der Waals surface area (Å²) in [5, 5.41) is 25.7. The molecule has 0 unspecified atom stereocenters. The van der Waals surface area contributed by atoms with Gasteiger partial charge in [-0.15, -0.1) is 0 Å². The number of anilines is 3. The van der Waals surface area contributed by atoms with Crippen LogP contribution >= 0.6 is 11.6 Å². The molecule has 0 saturated carbocycles. The van der Waals surface area contributed by atoms with Crippen LogP contribution < -0.4 is 15.5 Å². The van der Waals surface area contributed by atoms with Gasteiger partial charge in [0.1, 0.15) is 11.4 Å². The number of halogens is 2. The minimum Gasteiger partial charge on any atom is -0.394 e. The van der Waals surface area contributed by atoms with Crippen LogP contribution in [0.2, 0.25) is 5.02 Å². The summed E-state index contributed by atoms with van der Waals surface area (Å²) in [6, 6.07) is 11.3. The molecule has 33 heavy (non-hydrogen) atoms. The molecule has 4 N–H and O–H groups in total. The molecular formula is C23H23ClFN5O3. The average Bonchev–Trinajstić information content (AvgIpc) is 2.79. The Labute approximate surface area is 195 Å². The van der Waals surface area contributed by atoms with Crippen LogP contribution in [0, 0.1) is 12.7 Å². The summed E-state index contributed by atoms with van der Waals surface area (Å²) in [4.78, 5) is 23.8. The zero-order chi connectivity index (χ0) is 23.8. The summed E-state index contributed by atoms with van der Waals surface area (Å²) in [5.41, 5.74) is 1.12. The van der Waals surface area contributed by atoms with Gasteiger partial charge in [0.15, 0.2) is 5.82 Å². The summed E-state index contributed by atoms with van der Waals surface area (Å²) in [7, 11) is 0. The van der Waals surface area contributed by atoms with Gasteiger partial charge >= 0.3 is 0 Å². The minimum atomic E-state index is -1.12. The Hall–Kier alpha value is -3.27. The lowest BCUT2D eigenvalue weighted by atomic mass is 9.99. The SMILES string of the molecule is Cc1cc(F)ccc1-c1nc(NC(C)(CO)CO)nc2c1C(=O)NCN2c1ccccc1Cl. The molecule has 4 rings (SSSR count). The van der Waals surface area contributed by atoms with E-state index >= 15 is 0 Å².